The number of epoxide rings is 1. The van der Waals surface area contributed by atoms with Gasteiger partial charge in [-0.1, -0.05) is 54.5 Å². The molecule has 0 bridgehead atoms. The normalized spacial score (nSPS) is 34.0. The Balaban J connectivity index is 2.13. The summed E-state index contributed by atoms with van der Waals surface area (Å²) in [5.74, 6) is -9.48. The van der Waals surface area contributed by atoms with Crippen LogP contribution < -0.4 is 0 Å². The van der Waals surface area contributed by atoms with E-state index in [1.165, 1.54) is 32.1 Å². The number of carbonyl (C=O) groups excluding carboxylic acids is 7. The van der Waals surface area contributed by atoms with Gasteiger partial charge < -0.3 is 48.1 Å². The number of aliphatic hydroxyl groups excluding tert-OH is 1. The van der Waals surface area contributed by atoms with E-state index < -0.39 is 120 Å². The largest absolute Gasteiger partial charge is 0.461 e. The lowest BCUT2D eigenvalue weighted by Gasteiger charge is -2.59. The average Bonchev–Trinajstić information content (AvgIpc) is 3.85. The third-order valence-electron chi connectivity index (χ3n) is 11.0. The fraction of sp³-hybridized carbons (Fsp3) is 0.732. The Morgan fingerprint density at radius 2 is 1.33 bits per heavy atom. The van der Waals surface area contributed by atoms with Crippen molar-refractivity contribution in [1.29, 1.82) is 0 Å². The summed E-state index contributed by atoms with van der Waals surface area (Å²) >= 11 is 0. The van der Waals surface area contributed by atoms with Crippen LogP contribution in [0.1, 0.15) is 88.5 Å². The highest BCUT2D eigenvalue weighted by Crippen LogP contribution is 2.63. The summed E-state index contributed by atoms with van der Waals surface area (Å²) in [6.45, 7) is 13.8. The fourth-order valence-corrected chi connectivity index (χ4v) is 8.35. The van der Waals surface area contributed by atoms with Gasteiger partial charge in [-0.3, -0.25) is 28.8 Å². The summed E-state index contributed by atoms with van der Waals surface area (Å²) in [5, 5.41) is 23.1. The SMILES string of the molecule is CC(=O)OC1C(OC(=O)CC(C)C)C(OC(=O)CC(C)C)C2(CO2)C2C(OC(C)=O)C3(O)C(C=C(COC(=O)CC(C)C)C=CC(OC(=O)CO)C12C)OC(=O)C3C. The van der Waals surface area contributed by atoms with Crippen molar-refractivity contribution < 1.29 is 81.7 Å². The molecule has 324 valence electrons. The number of aliphatic hydroxyl groups is 2. The van der Waals surface area contributed by atoms with Crippen molar-refractivity contribution in [2.45, 2.75) is 136 Å². The van der Waals surface area contributed by atoms with Gasteiger partial charge in [0.05, 0.1) is 17.9 Å². The van der Waals surface area contributed by atoms with Gasteiger partial charge in [-0.25, -0.2) is 4.79 Å². The van der Waals surface area contributed by atoms with Crippen molar-refractivity contribution in [1.82, 2.24) is 0 Å². The van der Waals surface area contributed by atoms with Crippen LogP contribution in [-0.4, -0.2) is 120 Å². The molecule has 4 aliphatic rings. The summed E-state index contributed by atoms with van der Waals surface area (Å²) in [7, 11) is 0. The Morgan fingerprint density at radius 1 is 0.793 bits per heavy atom. The first kappa shape index (κ1) is 46.3. The zero-order valence-electron chi connectivity index (χ0n) is 34.8. The Morgan fingerprint density at radius 3 is 1.84 bits per heavy atom. The van der Waals surface area contributed by atoms with Crippen LogP contribution in [0, 0.1) is 35.0 Å². The van der Waals surface area contributed by atoms with E-state index in [0.717, 1.165) is 13.8 Å². The monoisotopic (exact) mass is 822 g/mol. The first-order valence-electron chi connectivity index (χ1n) is 19.7. The number of ether oxygens (including phenoxy) is 8. The van der Waals surface area contributed by atoms with Crippen LogP contribution in [0.25, 0.3) is 0 Å². The summed E-state index contributed by atoms with van der Waals surface area (Å²) in [4.78, 5) is 93.1. The zero-order valence-corrected chi connectivity index (χ0v) is 34.8. The number of esters is 7. The molecule has 1 spiro atoms. The van der Waals surface area contributed by atoms with E-state index in [1.807, 2.05) is 13.8 Å². The predicted octanol–water partition coefficient (Wildman–Crippen LogP) is 2.45. The maximum Gasteiger partial charge on any atom is 0.332 e. The molecular weight excluding hydrogens is 764 g/mol. The second kappa shape index (κ2) is 18.3. The molecule has 3 fully saturated rings. The fourth-order valence-electron chi connectivity index (χ4n) is 8.35. The van der Waals surface area contributed by atoms with E-state index in [-0.39, 0.29) is 49.2 Å². The van der Waals surface area contributed by atoms with E-state index >= 15 is 0 Å². The van der Waals surface area contributed by atoms with Crippen LogP contribution in [0.4, 0.5) is 0 Å². The first-order chi connectivity index (χ1) is 27.0. The van der Waals surface area contributed by atoms with Gasteiger partial charge in [-0.15, -0.1) is 0 Å². The highest BCUT2D eigenvalue weighted by Gasteiger charge is 2.81. The third kappa shape index (κ3) is 9.74. The topological polar surface area (TPSA) is 237 Å². The quantitative estimate of drug-likeness (QED) is 0.145. The van der Waals surface area contributed by atoms with Crippen molar-refractivity contribution in [3.05, 3.63) is 23.8 Å². The maximum absolute atomic E-state index is 13.6. The van der Waals surface area contributed by atoms with Gasteiger partial charge >= 0.3 is 41.8 Å². The summed E-state index contributed by atoms with van der Waals surface area (Å²) in [6.07, 6.45) is -6.26. The van der Waals surface area contributed by atoms with Crippen LogP contribution in [0.3, 0.4) is 0 Å². The molecule has 0 radical (unpaired) electrons. The van der Waals surface area contributed by atoms with Crippen LogP contribution >= 0.6 is 0 Å². The van der Waals surface area contributed by atoms with Gasteiger partial charge in [0.15, 0.2) is 30.0 Å². The summed E-state index contributed by atoms with van der Waals surface area (Å²) in [5.41, 5.74) is -6.22. The average molecular weight is 823 g/mol. The molecule has 1 saturated carbocycles. The predicted molar refractivity (Wildman–Crippen MR) is 199 cm³/mol. The molecule has 17 heteroatoms. The van der Waals surface area contributed by atoms with E-state index in [0.29, 0.717) is 0 Å². The lowest BCUT2D eigenvalue weighted by molar-refractivity contribution is -0.280. The minimum absolute atomic E-state index is 0.0519. The molecule has 2 aliphatic heterocycles. The van der Waals surface area contributed by atoms with Crippen molar-refractivity contribution in [3.8, 4) is 0 Å². The van der Waals surface area contributed by atoms with E-state index in [4.69, 9.17) is 37.9 Å². The minimum atomic E-state index is -2.49. The summed E-state index contributed by atoms with van der Waals surface area (Å²) < 4.78 is 47.8. The smallest absolute Gasteiger partial charge is 0.332 e. The molecule has 2 aliphatic carbocycles. The van der Waals surface area contributed by atoms with Gasteiger partial charge in [-0.05, 0) is 42.4 Å². The van der Waals surface area contributed by atoms with Gasteiger partial charge in [-0.2, -0.15) is 0 Å². The zero-order chi connectivity index (χ0) is 43.5. The Labute approximate surface area is 338 Å². The molecule has 58 heavy (non-hydrogen) atoms. The van der Waals surface area contributed by atoms with Crippen LogP contribution in [-0.2, 0) is 71.5 Å². The van der Waals surface area contributed by atoms with Crippen LogP contribution in [0.5, 0.6) is 0 Å². The Bertz CT molecular complexity index is 1660. The number of carbonyl (C=O) groups is 7. The summed E-state index contributed by atoms with van der Waals surface area (Å²) in [6, 6.07) is 0. The molecule has 2 saturated heterocycles. The standard InChI is InChI=1S/C41H58O17/c1-20(2)13-29(45)51-18-26-11-12-27(55-32(48)17-42)39(10)34(37(54-25(9)44)41(50)23(7)38(49)56-28(41)16-26)40(19-52-40)36(58-31(47)15-22(5)6)33(35(39)53-24(8)43)57-30(46)14-21(3)4/h11-12,16,20-23,27-28,33-37,42,50H,13-15,17-19H2,1-10H3. The van der Waals surface area contributed by atoms with Crippen molar-refractivity contribution >= 4 is 41.8 Å². The molecule has 0 aromatic rings. The van der Waals surface area contributed by atoms with Crippen LogP contribution in [0.2, 0.25) is 0 Å². The van der Waals surface area contributed by atoms with Crippen molar-refractivity contribution in [2.24, 2.45) is 35.0 Å². The third-order valence-corrected chi connectivity index (χ3v) is 11.0. The van der Waals surface area contributed by atoms with Crippen LogP contribution in [0.15, 0.2) is 23.8 Å². The molecule has 11 unspecified atom stereocenters. The Kier molecular flexibility index (Phi) is 14.6. The molecule has 0 aromatic heterocycles. The number of hydrogen-bond acceptors (Lipinski definition) is 17. The Hall–Kier alpha value is -4.35. The van der Waals surface area contributed by atoms with Crippen molar-refractivity contribution in [2.75, 3.05) is 19.8 Å². The molecule has 0 aromatic carbocycles. The van der Waals surface area contributed by atoms with E-state index in [1.54, 1.807) is 27.7 Å². The van der Waals surface area contributed by atoms with Gasteiger partial charge in [0.1, 0.15) is 31.0 Å². The molecule has 2 N–H and O–H groups in total. The highest BCUT2D eigenvalue weighted by atomic mass is 16.7. The number of rotatable bonds is 14. The van der Waals surface area contributed by atoms with Gasteiger partial charge in [0, 0.05) is 39.0 Å². The van der Waals surface area contributed by atoms with E-state index in [2.05, 4.69) is 0 Å². The number of hydrogen-bond donors (Lipinski definition) is 2. The second-order valence-electron chi connectivity index (χ2n) is 17.1. The van der Waals surface area contributed by atoms with Gasteiger partial charge in [0.25, 0.3) is 0 Å². The van der Waals surface area contributed by atoms with Gasteiger partial charge in [0.2, 0.25) is 0 Å². The lowest BCUT2D eigenvalue weighted by atomic mass is 9.51. The highest BCUT2D eigenvalue weighted by molar-refractivity contribution is 5.78. The van der Waals surface area contributed by atoms with E-state index in [9.17, 15) is 43.8 Å². The molecule has 17 nitrogen and oxygen atoms in total. The maximum atomic E-state index is 13.6. The first-order valence-corrected chi connectivity index (χ1v) is 19.7. The minimum Gasteiger partial charge on any atom is -0.461 e. The molecule has 0 amide bonds. The number of fused-ring (bicyclic) bond motifs is 3. The molecule has 2 heterocycles. The van der Waals surface area contributed by atoms with Crippen molar-refractivity contribution in [3.63, 3.8) is 0 Å². The lowest BCUT2D eigenvalue weighted by Crippen LogP contribution is -2.76. The second-order valence-corrected chi connectivity index (χ2v) is 17.1. The molecule has 4 rings (SSSR count). The molecule has 11 atom stereocenters. The molecular formula is C41H58O17.